The average Bonchev–Trinajstić information content (AvgIpc) is 3.29. The zero-order valence-corrected chi connectivity index (χ0v) is 16.7. The first-order valence-electron chi connectivity index (χ1n) is 10.3. The van der Waals surface area contributed by atoms with E-state index in [1.165, 1.54) is 12.1 Å². The number of amides is 2. The monoisotopic (exact) mass is 398 g/mol. The van der Waals surface area contributed by atoms with Gasteiger partial charge in [-0.25, -0.2) is 9.37 Å². The van der Waals surface area contributed by atoms with Gasteiger partial charge in [-0.05, 0) is 48.8 Å². The summed E-state index contributed by atoms with van der Waals surface area (Å²) in [4.78, 5) is 31.3. The maximum Gasteiger partial charge on any atom is 0.287 e. The quantitative estimate of drug-likeness (QED) is 0.861. The molecule has 6 nitrogen and oxygen atoms in total. The third-order valence-corrected chi connectivity index (χ3v) is 6.59. The number of rotatable bonds is 4. The van der Waals surface area contributed by atoms with E-state index in [0.717, 1.165) is 32.1 Å². The highest BCUT2D eigenvalue weighted by atomic mass is 19.1. The molecule has 1 saturated carbocycles. The predicted octanol–water partition coefficient (Wildman–Crippen LogP) is 2.69. The molecule has 1 spiro atoms. The van der Waals surface area contributed by atoms with Crippen molar-refractivity contribution in [1.82, 2.24) is 19.8 Å². The fourth-order valence-corrected chi connectivity index (χ4v) is 4.90. The van der Waals surface area contributed by atoms with Gasteiger partial charge in [0.15, 0.2) is 5.82 Å². The van der Waals surface area contributed by atoms with Crippen molar-refractivity contribution in [1.29, 1.82) is 0 Å². The van der Waals surface area contributed by atoms with Crippen LogP contribution in [-0.4, -0.2) is 45.4 Å². The lowest BCUT2D eigenvalue weighted by molar-refractivity contribution is -0.133. The van der Waals surface area contributed by atoms with E-state index >= 15 is 0 Å². The van der Waals surface area contributed by atoms with Crippen LogP contribution in [0, 0.1) is 11.2 Å². The number of aromatic nitrogens is 2. The maximum atomic E-state index is 13.4. The van der Waals surface area contributed by atoms with Gasteiger partial charge >= 0.3 is 0 Å². The number of halogens is 1. The second-order valence-corrected chi connectivity index (χ2v) is 8.33. The number of nitrogens with zero attached hydrogens (tertiary/aromatic N) is 3. The highest BCUT2D eigenvalue weighted by Gasteiger charge is 2.46. The van der Waals surface area contributed by atoms with Crippen molar-refractivity contribution in [2.45, 2.75) is 44.6 Å². The first-order valence-corrected chi connectivity index (χ1v) is 10.3. The van der Waals surface area contributed by atoms with E-state index in [1.54, 1.807) is 29.1 Å². The highest BCUT2D eigenvalue weighted by molar-refractivity contribution is 5.91. The average molecular weight is 398 g/mol. The fraction of sp³-hybridized carbons (Fsp3) is 0.500. The summed E-state index contributed by atoms with van der Waals surface area (Å²) < 4.78 is 15.1. The Morgan fingerprint density at radius 2 is 2.07 bits per heavy atom. The SMILES string of the molecule is Cn1ccnc1C(=O)NC1CCCC12CCN(C(=O)Cc1cccc(F)c1)CC2. The topological polar surface area (TPSA) is 67.2 Å². The number of benzene rings is 1. The first kappa shape index (κ1) is 19.6. The molecule has 2 aromatic rings. The Morgan fingerprint density at radius 1 is 1.28 bits per heavy atom. The lowest BCUT2D eigenvalue weighted by Gasteiger charge is -2.43. The molecule has 1 N–H and O–H groups in total. The Hall–Kier alpha value is -2.70. The molecule has 2 aliphatic rings. The van der Waals surface area contributed by atoms with Crippen LogP contribution in [0.1, 0.15) is 48.3 Å². The van der Waals surface area contributed by atoms with Gasteiger partial charge in [0.2, 0.25) is 5.91 Å². The Balaban J connectivity index is 1.36. The van der Waals surface area contributed by atoms with Gasteiger partial charge in [-0.1, -0.05) is 18.6 Å². The third-order valence-electron chi connectivity index (χ3n) is 6.59. The second kappa shape index (κ2) is 7.97. The van der Waals surface area contributed by atoms with Gasteiger partial charge in [-0.3, -0.25) is 9.59 Å². The molecule has 4 rings (SSSR count). The van der Waals surface area contributed by atoms with Crippen LogP contribution in [0.25, 0.3) is 0 Å². The number of imidazole rings is 1. The molecule has 1 aromatic carbocycles. The van der Waals surface area contributed by atoms with Crippen molar-refractivity contribution < 1.29 is 14.0 Å². The molecule has 2 amide bonds. The number of hydrogen-bond acceptors (Lipinski definition) is 3. The van der Waals surface area contributed by atoms with Crippen LogP contribution in [0.5, 0.6) is 0 Å². The smallest absolute Gasteiger partial charge is 0.287 e. The van der Waals surface area contributed by atoms with Crippen LogP contribution < -0.4 is 5.32 Å². The molecule has 0 radical (unpaired) electrons. The molecule has 154 valence electrons. The van der Waals surface area contributed by atoms with Crippen molar-refractivity contribution in [2.24, 2.45) is 12.5 Å². The van der Waals surface area contributed by atoms with E-state index in [2.05, 4.69) is 10.3 Å². The second-order valence-electron chi connectivity index (χ2n) is 8.33. The number of nitrogens with one attached hydrogen (secondary N) is 1. The minimum atomic E-state index is -0.315. The summed E-state index contributed by atoms with van der Waals surface area (Å²) in [5, 5.41) is 3.21. The molecule has 1 aromatic heterocycles. The summed E-state index contributed by atoms with van der Waals surface area (Å²) >= 11 is 0. The van der Waals surface area contributed by atoms with Crippen LogP contribution >= 0.6 is 0 Å². The number of carbonyl (C=O) groups is 2. The number of carbonyl (C=O) groups excluding carboxylic acids is 2. The van der Waals surface area contributed by atoms with Crippen LogP contribution in [-0.2, 0) is 18.3 Å². The molecule has 2 heterocycles. The molecule has 1 atom stereocenters. The van der Waals surface area contributed by atoms with Crippen LogP contribution in [0.15, 0.2) is 36.7 Å². The van der Waals surface area contributed by atoms with E-state index in [-0.39, 0.29) is 35.5 Å². The highest BCUT2D eigenvalue weighted by Crippen LogP contribution is 2.46. The van der Waals surface area contributed by atoms with Gasteiger partial charge in [0.25, 0.3) is 5.91 Å². The van der Waals surface area contributed by atoms with E-state index < -0.39 is 0 Å². The fourth-order valence-electron chi connectivity index (χ4n) is 4.90. The standard InChI is InChI=1S/C22H27FN4O2/c1-26-13-10-24-20(26)21(29)25-18-6-3-7-22(18)8-11-27(12-9-22)19(28)15-16-4-2-5-17(23)14-16/h2,4-5,10,13-14,18H,3,6-9,11-12,15H2,1H3,(H,25,29). The molecule has 1 aliphatic carbocycles. The first-order chi connectivity index (χ1) is 14.0. The molecular formula is C22H27FN4O2. The molecule has 1 saturated heterocycles. The van der Waals surface area contributed by atoms with Crippen molar-refractivity contribution in [3.63, 3.8) is 0 Å². The summed E-state index contributed by atoms with van der Waals surface area (Å²) in [5.74, 6) is 0.0188. The molecule has 1 unspecified atom stereocenters. The van der Waals surface area contributed by atoms with Crippen LogP contribution in [0.4, 0.5) is 4.39 Å². The van der Waals surface area contributed by atoms with E-state index in [1.807, 2.05) is 11.9 Å². The zero-order chi connectivity index (χ0) is 20.4. The van der Waals surface area contributed by atoms with Gasteiger partial charge < -0.3 is 14.8 Å². The summed E-state index contributed by atoms with van der Waals surface area (Å²) in [6, 6.07) is 6.34. The summed E-state index contributed by atoms with van der Waals surface area (Å²) in [6.45, 7) is 1.37. The number of hydrogen-bond donors (Lipinski definition) is 1. The number of aryl methyl sites for hydroxylation is 1. The summed E-state index contributed by atoms with van der Waals surface area (Å²) in [5.41, 5.74) is 0.757. The Morgan fingerprint density at radius 3 is 2.76 bits per heavy atom. The molecule has 29 heavy (non-hydrogen) atoms. The predicted molar refractivity (Wildman–Crippen MR) is 107 cm³/mol. The van der Waals surface area contributed by atoms with E-state index in [4.69, 9.17) is 0 Å². The summed E-state index contributed by atoms with van der Waals surface area (Å²) in [7, 11) is 1.81. The molecule has 0 bridgehead atoms. The van der Waals surface area contributed by atoms with Crippen molar-refractivity contribution in [3.8, 4) is 0 Å². The Bertz CT molecular complexity index is 902. The van der Waals surface area contributed by atoms with Crippen LogP contribution in [0.2, 0.25) is 0 Å². The van der Waals surface area contributed by atoms with Gasteiger partial charge in [0.05, 0.1) is 6.42 Å². The van der Waals surface area contributed by atoms with E-state index in [9.17, 15) is 14.0 Å². The Labute approximate surface area is 170 Å². The molecule has 7 heteroatoms. The van der Waals surface area contributed by atoms with Crippen molar-refractivity contribution in [3.05, 3.63) is 53.9 Å². The normalized spacial score (nSPS) is 20.8. The van der Waals surface area contributed by atoms with E-state index in [0.29, 0.717) is 24.5 Å². The molecular weight excluding hydrogens is 371 g/mol. The molecule has 1 aliphatic heterocycles. The van der Waals surface area contributed by atoms with Gasteiger partial charge in [0.1, 0.15) is 5.82 Å². The zero-order valence-electron chi connectivity index (χ0n) is 16.7. The van der Waals surface area contributed by atoms with Crippen molar-refractivity contribution >= 4 is 11.8 Å². The molecule has 2 fully saturated rings. The van der Waals surface area contributed by atoms with Gasteiger partial charge in [-0.2, -0.15) is 0 Å². The maximum absolute atomic E-state index is 13.4. The van der Waals surface area contributed by atoms with Gasteiger partial charge in [0, 0.05) is 38.6 Å². The number of likely N-dealkylation sites (tertiary alicyclic amines) is 1. The van der Waals surface area contributed by atoms with Gasteiger partial charge in [-0.15, -0.1) is 0 Å². The van der Waals surface area contributed by atoms with Crippen LogP contribution in [0.3, 0.4) is 0 Å². The lowest BCUT2D eigenvalue weighted by Crippen LogP contribution is -2.51. The Kier molecular flexibility index (Phi) is 5.39. The van der Waals surface area contributed by atoms with Crippen molar-refractivity contribution in [2.75, 3.05) is 13.1 Å². The minimum absolute atomic E-state index is 0.0389. The third kappa shape index (κ3) is 4.04. The number of piperidine rings is 1. The largest absolute Gasteiger partial charge is 0.346 e. The lowest BCUT2D eigenvalue weighted by atomic mass is 9.74. The minimum Gasteiger partial charge on any atom is -0.346 e. The summed E-state index contributed by atoms with van der Waals surface area (Å²) in [6.07, 6.45) is 8.51.